The van der Waals surface area contributed by atoms with Crippen molar-refractivity contribution in [3.8, 4) is 17.2 Å². The van der Waals surface area contributed by atoms with Crippen LogP contribution in [0.1, 0.15) is 36.1 Å². The third-order valence-electron chi connectivity index (χ3n) is 3.13. The van der Waals surface area contributed by atoms with E-state index in [1.807, 2.05) is 13.8 Å². The molecule has 1 aliphatic heterocycles. The van der Waals surface area contributed by atoms with Gasteiger partial charge in [0.15, 0.2) is 23.6 Å². The predicted molar refractivity (Wildman–Crippen MR) is 72.7 cm³/mol. The number of carbonyl (C=O) groups excluding carboxylic acids is 1. The number of carbonyl (C=O) groups is 1. The minimum Gasteiger partial charge on any atom is -0.485 e. The zero-order valence-electron chi connectivity index (χ0n) is 11.8. The molecule has 0 atom stereocenters. The van der Waals surface area contributed by atoms with Crippen LogP contribution < -0.4 is 14.2 Å². The minimum atomic E-state index is 0.152. The van der Waals surface area contributed by atoms with Gasteiger partial charge < -0.3 is 14.2 Å². The Bertz CT molecular complexity index is 666. The zero-order valence-corrected chi connectivity index (χ0v) is 11.8. The molecule has 1 aromatic carbocycles. The average Bonchev–Trinajstić information content (AvgIpc) is 3.12. The molecule has 0 fully saturated rings. The standard InChI is InChI=1S/C14H15N3O4/c1-9(2)17-14(15-7-16-17)6-19-11-4-13-12(20-8-21-13)3-10(11)5-18/h3-5,7,9H,6,8H2,1-2H3. The Balaban J connectivity index is 1.82. The maximum atomic E-state index is 11.2. The third-order valence-corrected chi connectivity index (χ3v) is 3.13. The quantitative estimate of drug-likeness (QED) is 0.783. The van der Waals surface area contributed by atoms with Gasteiger partial charge in [-0.25, -0.2) is 9.67 Å². The molecule has 1 aliphatic rings. The van der Waals surface area contributed by atoms with Crippen molar-refractivity contribution in [2.45, 2.75) is 26.5 Å². The topological polar surface area (TPSA) is 75.5 Å². The van der Waals surface area contributed by atoms with Crippen molar-refractivity contribution >= 4 is 6.29 Å². The SMILES string of the molecule is CC(C)n1ncnc1COc1cc2c(cc1C=O)OCO2. The number of rotatable bonds is 5. The molecule has 110 valence electrons. The van der Waals surface area contributed by atoms with Crippen molar-refractivity contribution in [1.82, 2.24) is 14.8 Å². The van der Waals surface area contributed by atoms with E-state index < -0.39 is 0 Å². The highest BCUT2D eigenvalue weighted by Gasteiger charge is 2.18. The summed E-state index contributed by atoms with van der Waals surface area (Å²) in [6.07, 6.45) is 2.21. The average molecular weight is 289 g/mol. The third kappa shape index (κ3) is 2.54. The molecule has 0 saturated carbocycles. The lowest BCUT2D eigenvalue weighted by molar-refractivity contribution is 0.111. The first-order valence-electron chi connectivity index (χ1n) is 6.59. The second-order valence-electron chi connectivity index (χ2n) is 4.86. The number of benzene rings is 1. The Labute approximate surface area is 121 Å². The summed E-state index contributed by atoms with van der Waals surface area (Å²) in [5.74, 6) is 2.25. The highest BCUT2D eigenvalue weighted by molar-refractivity contribution is 5.81. The summed E-state index contributed by atoms with van der Waals surface area (Å²) in [5.41, 5.74) is 0.412. The monoisotopic (exact) mass is 289 g/mol. The van der Waals surface area contributed by atoms with Crippen molar-refractivity contribution in [2.75, 3.05) is 6.79 Å². The molecular weight excluding hydrogens is 274 g/mol. The van der Waals surface area contributed by atoms with Crippen LogP contribution in [0.15, 0.2) is 18.5 Å². The van der Waals surface area contributed by atoms with Crippen molar-refractivity contribution < 1.29 is 19.0 Å². The minimum absolute atomic E-state index is 0.152. The van der Waals surface area contributed by atoms with Crippen LogP contribution in [0.25, 0.3) is 0 Å². The van der Waals surface area contributed by atoms with E-state index in [-0.39, 0.29) is 19.4 Å². The van der Waals surface area contributed by atoms with Crippen LogP contribution in [0.5, 0.6) is 17.2 Å². The second kappa shape index (κ2) is 5.43. The zero-order chi connectivity index (χ0) is 14.8. The van der Waals surface area contributed by atoms with Crippen molar-refractivity contribution in [3.63, 3.8) is 0 Å². The van der Waals surface area contributed by atoms with Gasteiger partial charge in [-0.2, -0.15) is 5.10 Å². The predicted octanol–water partition coefficient (Wildman–Crippen LogP) is 1.98. The molecule has 7 nitrogen and oxygen atoms in total. The lowest BCUT2D eigenvalue weighted by Crippen LogP contribution is -2.11. The van der Waals surface area contributed by atoms with E-state index in [9.17, 15) is 4.79 Å². The number of aldehydes is 1. The molecule has 21 heavy (non-hydrogen) atoms. The molecule has 0 N–H and O–H groups in total. The number of hydrogen-bond acceptors (Lipinski definition) is 6. The molecule has 2 heterocycles. The highest BCUT2D eigenvalue weighted by Crippen LogP contribution is 2.37. The molecular formula is C14H15N3O4. The van der Waals surface area contributed by atoms with Crippen LogP contribution in [-0.2, 0) is 6.61 Å². The normalized spacial score (nSPS) is 12.7. The Morgan fingerprint density at radius 2 is 2.14 bits per heavy atom. The van der Waals surface area contributed by atoms with Gasteiger partial charge in [0, 0.05) is 12.1 Å². The molecule has 3 rings (SSSR count). The fraction of sp³-hybridized carbons (Fsp3) is 0.357. The molecule has 0 spiro atoms. The fourth-order valence-corrected chi connectivity index (χ4v) is 2.11. The summed E-state index contributed by atoms with van der Waals surface area (Å²) in [7, 11) is 0. The summed E-state index contributed by atoms with van der Waals surface area (Å²) in [6, 6.07) is 3.45. The van der Waals surface area contributed by atoms with Crippen LogP contribution in [0, 0.1) is 0 Å². The summed E-state index contributed by atoms with van der Waals surface area (Å²) in [5, 5.41) is 4.14. The maximum Gasteiger partial charge on any atom is 0.231 e. The summed E-state index contributed by atoms with van der Waals surface area (Å²) < 4.78 is 18.0. The van der Waals surface area contributed by atoms with E-state index >= 15 is 0 Å². The highest BCUT2D eigenvalue weighted by atomic mass is 16.7. The Morgan fingerprint density at radius 3 is 2.86 bits per heavy atom. The number of ether oxygens (including phenoxy) is 3. The molecule has 0 bridgehead atoms. The van der Waals surface area contributed by atoms with Crippen molar-refractivity contribution in [2.24, 2.45) is 0 Å². The van der Waals surface area contributed by atoms with Gasteiger partial charge >= 0.3 is 0 Å². The number of fused-ring (bicyclic) bond motifs is 1. The van der Waals surface area contributed by atoms with Gasteiger partial charge in [-0.15, -0.1) is 0 Å². The Kier molecular flexibility index (Phi) is 3.47. The molecule has 0 unspecified atom stereocenters. The van der Waals surface area contributed by atoms with Crippen molar-refractivity contribution in [1.29, 1.82) is 0 Å². The molecule has 2 aromatic rings. The second-order valence-corrected chi connectivity index (χ2v) is 4.86. The van der Waals surface area contributed by atoms with Gasteiger partial charge in [-0.05, 0) is 19.9 Å². The molecule has 0 saturated heterocycles. The van der Waals surface area contributed by atoms with E-state index in [1.54, 1.807) is 16.8 Å². The molecule has 0 aliphatic carbocycles. The van der Waals surface area contributed by atoms with Crippen LogP contribution >= 0.6 is 0 Å². The van der Waals surface area contributed by atoms with Gasteiger partial charge in [-0.1, -0.05) is 0 Å². The van der Waals surface area contributed by atoms with Crippen LogP contribution in [0.2, 0.25) is 0 Å². The first-order valence-corrected chi connectivity index (χ1v) is 6.59. The van der Waals surface area contributed by atoms with Crippen LogP contribution in [-0.4, -0.2) is 27.8 Å². The van der Waals surface area contributed by atoms with Gasteiger partial charge in [0.25, 0.3) is 0 Å². The van der Waals surface area contributed by atoms with Crippen LogP contribution in [0.3, 0.4) is 0 Å². The summed E-state index contributed by atoms with van der Waals surface area (Å²) in [4.78, 5) is 15.3. The number of hydrogen-bond donors (Lipinski definition) is 0. The Hall–Kier alpha value is -2.57. The van der Waals surface area contributed by atoms with E-state index in [2.05, 4.69) is 10.1 Å². The number of nitrogens with zero attached hydrogens (tertiary/aromatic N) is 3. The van der Waals surface area contributed by atoms with E-state index in [0.29, 0.717) is 28.6 Å². The van der Waals surface area contributed by atoms with E-state index in [4.69, 9.17) is 14.2 Å². The Morgan fingerprint density at radius 1 is 1.38 bits per heavy atom. The molecule has 7 heteroatoms. The maximum absolute atomic E-state index is 11.2. The first-order chi connectivity index (χ1) is 10.2. The van der Waals surface area contributed by atoms with Gasteiger partial charge in [-0.3, -0.25) is 4.79 Å². The smallest absolute Gasteiger partial charge is 0.231 e. The fourth-order valence-electron chi connectivity index (χ4n) is 2.11. The lowest BCUT2D eigenvalue weighted by Gasteiger charge is -2.12. The molecule has 1 aromatic heterocycles. The van der Waals surface area contributed by atoms with Crippen LogP contribution in [0.4, 0.5) is 0 Å². The first kappa shape index (κ1) is 13.4. The molecule has 0 amide bonds. The van der Waals surface area contributed by atoms with E-state index in [1.165, 1.54) is 6.33 Å². The molecule has 0 radical (unpaired) electrons. The largest absolute Gasteiger partial charge is 0.485 e. The van der Waals surface area contributed by atoms with Gasteiger partial charge in [0.2, 0.25) is 6.79 Å². The summed E-state index contributed by atoms with van der Waals surface area (Å²) in [6.45, 7) is 4.39. The van der Waals surface area contributed by atoms with Gasteiger partial charge in [0.05, 0.1) is 5.56 Å². The lowest BCUT2D eigenvalue weighted by atomic mass is 10.2. The number of aromatic nitrogens is 3. The van der Waals surface area contributed by atoms with Crippen molar-refractivity contribution in [3.05, 3.63) is 29.8 Å². The summed E-state index contributed by atoms with van der Waals surface area (Å²) >= 11 is 0. The van der Waals surface area contributed by atoms with Gasteiger partial charge in [0.1, 0.15) is 18.7 Å². The van der Waals surface area contributed by atoms with E-state index in [0.717, 1.165) is 6.29 Å².